The number of aromatic nitrogens is 1. The lowest BCUT2D eigenvalue weighted by atomic mass is 10.3. The number of fused-ring (bicyclic) bond motifs is 1. The van der Waals surface area contributed by atoms with Crippen molar-refractivity contribution >= 4 is 65.6 Å². The van der Waals surface area contributed by atoms with Crippen molar-refractivity contribution in [1.29, 1.82) is 0 Å². The van der Waals surface area contributed by atoms with E-state index in [-0.39, 0.29) is 0 Å². The number of nitrogens with one attached hydrogen (secondary N) is 1. The molecule has 6 heteroatoms. The predicted octanol–water partition coefficient (Wildman–Crippen LogP) is 5.39. The molecule has 0 aliphatic heterocycles. The van der Waals surface area contributed by atoms with Crippen molar-refractivity contribution in [1.82, 2.24) is 4.98 Å². The summed E-state index contributed by atoms with van der Waals surface area (Å²) in [5.41, 5.74) is 0.947. The summed E-state index contributed by atoms with van der Waals surface area (Å²) >= 11 is 12.9. The van der Waals surface area contributed by atoms with Gasteiger partial charge in [-0.15, -0.1) is 11.3 Å². The van der Waals surface area contributed by atoms with Crippen molar-refractivity contribution in [3.05, 3.63) is 44.0 Å². The number of thiazole rings is 1. The van der Waals surface area contributed by atoms with Gasteiger partial charge in [0.1, 0.15) is 0 Å². The third-order valence-electron chi connectivity index (χ3n) is 2.40. The van der Waals surface area contributed by atoms with Gasteiger partial charge in [-0.25, -0.2) is 4.98 Å². The highest BCUT2D eigenvalue weighted by molar-refractivity contribution is 9.10. The number of halogens is 2. The van der Waals surface area contributed by atoms with Gasteiger partial charge < -0.3 is 5.32 Å². The summed E-state index contributed by atoms with van der Waals surface area (Å²) in [6.07, 6.45) is 0. The third kappa shape index (κ3) is 2.54. The molecule has 3 aromatic rings. The SMILES string of the molecule is Clc1cccc2nc(NCc3cc(Br)cs3)sc12. The van der Waals surface area contributed by atoms with Crippen LogP contribution >= 0.6 is 50.2 Å². The second-order valence-corrected chi connectivity index (χ2v) is 7.01. The zero-order chi connectivity index (χ0) is 12.5. The van der Waals surface area contributed by atoms with E-state index in [0.717, 1.165) is 31.4 Å². The lowest BCUT2D eigenvalue weighted by Crippen LogP contribution is -1.95. The number of rotatable bonds is 3. The molecule has 0 fully saturated rings. The molecule has 0 saturated heterocycles. The van der Waals surface area contributed by atoms with Crippen molar-refractivity contribution in [3.8, 4) is 0 Å². The van der Waals surface area contributed by atoms with Crippen LogP contribution in [0.15, 0.2) is 34.1 Å². The number of nitrogens with zero attached hydrogens (tertiary/aromatic N) is 1. The fourth-order valence-electron chi connectivity index (χ4n) is 1.60. The first-order valence-corrected chi connectivity index (χ1v) is 8.11. The smallest absolute Gasteiger partial charge is 0.184 e. The highest BCUT2D eigenvalue weighted by Crippen LogP contribution is 2.32. The Labute approximate surface area is 126 Å². The van der Waals surface area contributed by atoms with Gasteiger partial charge in [-0.1, -0.05) is 29.0 Å². The van der Waals surface area contributed by atoms with E-state index in [1.807, 2.05) is 18.2 Å². The van der Waals surface area contributed by atoms with E-state index in [1.165, 1.54) is 4.88 Å². The minimum Gasteiger partial charge on any atom is -0.357 e. The average Bonchev–Trinajstić information content (AvgIpc) is 2.93. The van der Waals surface area contributed by atoms with Gasteiger partial charge in [0.05, 0.1) is 21.8 Å². The van der Waals surface area contributed by atoms with E-state index < -0.39 is 0 Å². The zero-order valence-corrected chi connectivity index (χ0v) is 13.1. The van der Waals surface area contributed by atoms with E-state index in [0.29, 0.717) is 0 Å². The molecule has 92 valence electrons. The number of benzene rings is 1. The lowest BCUT2D eigenvalue weighted by Gasteiger charge is -1.98. The van der Waals surface area contributed by atoms with E-state index in [1.54, 1.807) is 22.7 Å². The van der Waals surface area contributed by atoms with Gasteiger partial charge in [-0.2, -0.15) is 0 Å². The predicted molar refractivity (Wildman–Crippen MR) is 84.0 cm³/mol. The first-order chi connectivity index (χ1) is 8.72. The molecule has 0 aliphatic rings. The summed E-state index contributed by atoms with van der Waals surface area (Å²) in [5.74, 6) is 0. The van der Waals surface area contributed by atoms with Crippen molar-refractivity contribution < 1.29 is 0 Å². The van der Waals surface area contributed by atoms with Crippen LogP contribution in [0.3, 0.4) is 0 Å². The average molecular weight is 360 g/mol. The largest absolute Gasteiger partial charge is 0.357 e. The Hall–Kier alpha value is -0.620. The molecule has 2 nitrogen and oxygen atoms in total. The molecular formula is C12H8BrClN2S2. The Morgan fingerprint density at radius 2 is 2.28 bits per heavy atom. The van der Waals surface area contributed by atoms with Gasteiger partial charge in [0.2, 0.25) is 0 Å². The summed E-state index contributed by atoms with van der Waals surface area (Å²) in [6.45, 7) is 0.785. The second-order valence-electron chi connectivity index (χ2n) is 3.69. The maximum atomic E-state index is 6.13. The zero-order valence-electron chi connectivity index (χ0n) is 9.11. The van der Waals surface area contributed by atoms with E-state index in [4.69, 9.17) is 11.6 Å². The Kier molecular flexibility index (Phi) is 3.56. The number of thiophene rings is 1. The first kappa shape index (κ1) is 12.4. The molecule has 2 heterocycles. The fraction of sp³-hybridized carbons (Fsp3) is 0.0833. The van der Waals surface area contributed by atoms with Gasteiger partial charge in [0, 0.05) is 14.7 Å². The van der Waals surface area contributed by atoms with Crippen LogP contribution in [0.25, 0.3) is 10.2 Å². The number of anilines is 1. The molecule has 18 heavy (non-hydrogen) atoms. The molecule has 0 spiro atoms. The minimum absolute atomic E-state index is 0.761. The quantitative estimate of drug-likeness (QED) is 0.678. The topological polar surface area (TPSA) is 24.9 Å². The summed E-state index contributed by atoms with van der Waals surface area (Å²) in [4.78, 5) is 5.78. The molecule has 0 amide bonds. The molecule has 3 rings (SSSR count). The van der Waals surface area contributed by atoms with Crippen LogP contribution in [0, 0.1) is 0 Å². The Morgan fingerprint density at radius 1 is 1.39 bits per heavy atom. The van der Waals surface area contributed by atoms with E-state index in [9.17, 15) is 0 Å². The Balaban J connectivity index is 1.81. The van der Waals surface area contributed by atoms with Crippen molar-refractivity contribution in [3.63, 3.8) is 0 Å². The number of hydrogen-bond donors (Lipinski definition) is 1. The minimum atomic E-state index is 0.761. The summed E-state index contributed by atoms with van der Waals surface area (Å²) in [6, 6.07) is 7.90. The van der Waals surface area contributed by atoms with Crippen LogP contribution in [0.1, 0.15) is 4.88 Å². The summed E-state index contributed by atoms with van der Waals surface area (Å²) in [7, 11) is 0. The molecule has 0 radical (unpaired) electrons. The normalized spacial score (nSPS) is 11.0. The Morgan fingerprint density at radius 3 is 3.00 bits per heavy atom. The molecular weight excluding hydrogens is 352 g/mol. The molecule has 0 saturated carbocycles. The molecule has 2 aromatic heterocycles. The van der Waals surface area contributed by atoms with Crippen molar-refractivity contribution in [2.24, 2.45) is 0 Å². The van der Waals surface area contributed by atoms with Crippen LogP contribution in [-0.4, -0.2) is 4.98 Å². The van der Waals surface area contributed by atoms with Gasteiger partial charge in [-0.3, -0.25) is 0 Å². The maximum absolute atomic E-state index is 6.13. The summed E-state index contributed by atoms with van der Waals surface area (Å²) < 4.78 is 2.16. The van der Waals surface area contributed by atoms with Crippen LogP contribution in [0.2, 0.25) is 5.02 Å². The van der Waals surface area contributed by atoms with Gasteiger partial charge in [-0.05, 0) is 34.1 Å². The van der Waals surface area contributed by atoms with Crippen molar-refractivity contribution in [2.75, 3.05) is 5.32 Å². The van der Waals surface area contributed by atoms with Crippen molar-refractivity contribution in [2.45, 2.75) is 6.54 Å². The van der Waals surface area contributed by atoms with E-state index in [2.05, 4.69) is 37.7 Å². The van der Waals surface area contributed by atoms with Crippen LogP contribution < -0.4 is 5.32 Å². The van der Waals surface area contributed by atoms with Crippen LogP contribution in [0.5, 0.6) is 0 Å². The Bertz CT molecular complexity index is 692. The molecule has 0 bridgehead atoms. The van der Waals surface area contributed by atoms with Crippen LogP contribution in [-0.2, 0) is 6.54 Å². The van der Waals surface area contributed by atoms with Gasteiger partial charge in [0.25, 0.3) is 0 Å². The lowest BCUT2D eigenvalue weighted by molar-refractivity contribution is 1.18. The number of hydrogen-bond acceptors (Lipinski definition) is 4. The highest BCUT2D eigenvalue weighted by atomic mass is 79.9. The molecule has 0 atom stereocenters. The molecule has 1 N–H and O–H groups in total. The highest BCUT2D eigenvalue weighted by Gasteiger charge is 2.06. The standard InChI is InChI=1S/C12H8BrClN2S2/c13-7-4-8(17-6-7)5-15-12-16-10-3-1-2-9(14)11(10)18-12/h1-4,6H,5H2,(H,15,16). The monoisotopic (exact) mass is 358 g/mol. The van der Waals surface area contributed by atoms with E-state index >= 15 is 0 Å². The third-order valence-corrected chi connectivity index (χ3v) is 5.59. The fourth-order valence-corrected chi connectivity index (χ4v) is 4.14. The van der Waals surface area contributed by atoms with Gasteiger partial charge in [0.15, 0.2) is 5.13 Å². The van der Waals surface area contributed by atoms with Gasteiger partial charge >= 0.3 is 0 Å². The summed E-state index contributed by atoms with van der Waals surface area (Å²) in [5, 5.41) is 7.07. The molecule has 0 aliphatic carbocycles. The molecule has 1 aromatic carbocycles. The maximum Gasteiger partial charge on any atom is 0.184 e. The van der Waals surface area contributed by atoms with Crippen LogP contribution in [0.4, 0.5) is 5.13 Å². The second kappa shape index (κ2) is 5.17. The first-order valence-electron chi connectivity index (χ1n) is 5.24. The molecule has 0 unspecified atom stereocenters.